The van der Waals surface area contributed by atoms with Crippen LogP contribution in [0.5, 0.6) is 5.75 Å². The van der Waals surface area contributed by atoms with E-state index in [1.165, 1.54) is 38.6 Å². The Hall–Kier alpha value is -5.80. The van der Waals surface area contributed by atoms with E-state index < -0.39 is 17.7 Å². The Kier molecular flexibility index (Phi) is 8.98. The molecule has 0 atom stereocenters. The van der Waals surface area contributed by atoms with E-state index in [1.807, 2.05) is 6.92 Å². The molecule has 0 bridgehead atoms. The molecule has 4 rings (SSSR count). The highest BCUT2D eigenvalue weighted by atomic mass is 16.8. The van der Waals surface area contributed by atoms with Gasteiger partial charge in [0.2, 0.25) is 17.7 Å². The molecule has 0 aliphatic rings. The maximum Gasteiger partial charge on any atom is 0.359 e. The fourth-order valence-corrected chi connectivity index (χ4v) is 4.32. The van der Waals surface area contributed by atoms with E-state index in [2.05, 4.69) is 25.7 Å². The number of aryl methyl sites for hydroxylation is 2. The Labute approximate surface area is 245 Å². The maximum absolute atomic E-state index is 13.2. The fraction of sp³-hybridized carbons (Fsp3) is 0.259. The first-order valence-electron chi connectivity index (χ1n) is 13.0. The van der Waals surface area contributed by atoms with Gasteiger partial charge in [-0.25, -0.2) is 14.8 Å². The van der Waals surface area contributed by atoms with Crippen molar-refractivity contribution in [2.24, 2.45) is 11.5 Å². The molecule has 0 aliphatic heterocycles. The Morgan fingerprint density at radius 3 is 2.47 bits per heavy atom. The molecular weight excluding hydrogens is 560 g/mol. The molecule has 224 valence electrons. The third-order valence-corrected chi connectivity index (χ3v) is 6.33. The average molecular weight is 592 g/mol. The summed E-state index contributed by atoms with van der Waals surface area (Å²) in [4.78, 5) is 62.4. The summed E-state index contributed by atoms with van der Waals surface area (Å²) in [6.07, 6.45) is 4.79. The van der Waals surface area contributed by atoms with Crippen molar-refractivity contribution in [2.75, 3.05) is 31.4 Å². The van der Waals surface area contributed by atoms with Crippen molar-refractivity contribution in [3.8, 4) is 5.75 Å². The van der Waals surface area contributed by atoms with Crippen molar-refractivity contribution in [3.05, 3.63) is 70.0 Å². The second kappa shape index (κ2) is 12.8. The smallest absolute Gasteiger partial charge is 0.359 e. The van der Waals surface area contributed by atoms with E-state index in [1.54, 1.807) is 34.4 Å². The number of anilines is 2. The fourth-order valence-electron chi connectivity index (χ4n) is 4.32. The molecule has 0 saturated carbocycles. The van der Waals surface area contributed by atoms with Crippen molar-refractivity contribution >= 4 is 46.2 Å². The van der Waals surface area contributed by atoms with Crippen LogP contribution in [-0.2, 0) is 17.9 Å². The molecule has 4 aromatic rings. The van der Waals surface area contributed by atoms with E-state index in [0.717, 1.165) is 0 Å². The molecule has 43 heavy (non-hydrogen) atoms. The largest absolute Gasteiger partial charge is 0.494 e. The Bertz CT molecular complexity index is 1760. The highest BCUT2D eigenvalue weighted by Gasteiger charge is 2.24. The molecule has 3 amide bonds. The van der Waals surface area contributed by atoms with Gasteiger partial charge in [-0.05, 0) is 32.0 Å². The summed E-state index contributed by atoms with van der Waals surface area (Å²) in [5.41, 5.74) is 13.0. The number of benzene rings is 1. The standard InChI is InChI=1S/C27H30N10O6/c1-5-36-20(10-15(2)34-36)26(40)33-27-32-18-11-16(23(28)38)13-21(42-3)22(18)35(27)9-7-6-8-30-25-19(37(41)43-4)12-17(14-31-25)24(29)39/h6-7,10-14H,5,8-9H2,1-4H3,(H5-,28,29,30,31,32,33,38,39,40,41)/p+1/b7-6+. The van der Waals surface area contributed by atoms with Gasteiger partial charge < -0.3 is 26.1 Å². The van der Waals surface area contributed by atoms with E-state index in [9.17, 15) is 19.3 Å². The summed E-state index contributed by atoms with van der Waals surface area (Å²) in [5.74, 6) is -1.12. The first-order chi connectivity index (χ1) is 20.6. The first kappa shape index (κ1) is 30.2. The predicted molar refractivity (Wildman–Crippen MR) is 156 cm³/mol. The molecule has 0 spiro atoms. The lowest BCUT2D eigenvalue weighted by Crippen LogP contribution is -2.20. The lowest BCUT2D eigenvalue weighted by atomic mass is 10.1. The number of primary amides is 2. The first-order valence-corrected chi connectivity index (χ1v) is 13.0. The average Bonchev–Trinajstić information content (AvgIpc) is 3.55. The van der Waals surface area contributed by atoms with Crippen LogP contribution >= 0.6 is 0 Å². The minimum absolute atomic E-state index is 0.0330. The lowest BCUT2D eigenvalue weighted by molar-refractivity contribution is -0.736. The van der Waals surface area contributed by atoms with Gasteiger partial charge in [-0.1, -0.05) is 12.2 Å². The summed E-state index contributed by atoms with van der Waals surface area (Å²) in [6, 6.07) is 5.96. The number of ether oxygens (including phenoxy) is 1. The van der Waals surface area contributed by atoms with Crippen molar-refractivity contribution in [1.29, 1.82) is 0 Å². The van der Waals surface area contributed by atoms with Crippen molar-refractivity contribution in [3.63, 3.8) is 0 Å². The Balaban J connectivity index is 1.63. The summed E-state index contributed by atoms with van der Waals surface area (Å²) in [5, 5.41) is 10.2. The molecule has 0 aliphatic carbocycles. The van der Waals surface area contributed by atoms with Crippen LogP contribution < -0.4 is 26.8 Å². The van der Waals surface area contributed by atoms with E-state index in [-0.39, 0.29) is 46.6 Å². The number of pyridine rings is 1. The van der Waals surface area contributed by atoms with Crippen LogP contribution in [0.3, 0.4) is 0 Å². The van der Waals surface area contributed by atoms with Gasteiger partial charge in [0, 0.05) is 37.5 Å². The van der Waals surface area contributed by atoms with Gasteiger partial charge in [0.05, 0.1) is 28.8 Å². The number of hydrogen-bond donors (Lipinski definition) is 4. The second-order valence-corrected chi connectivity index (χ2v) is 9.15. The zero-order chi connectivity index (χ0) is 31.3. The van der Waals surface area contributed by atoms with Gasteiger partial charge in [-0.15, -0.1) is 0 Å². The number of aromatic nitrogens is 5. The molecule has 3 aromatic heterocycles. The number of fused-ring (bicyclic) bond motifs is 1. The number of methoxy groups -OCH3 is 1. The van der Waals surface area contributed by atoms with Crippen LogP contribution in [0.2, 0.25) is 0 Å². The number of nitrogens with one attached hydrogen (secondary N) is 2. The zero-order valence-electron chi connectivity index (χ0n) is 24.0. The van der Waals surface area contributed by atoms with Crippen LogP contribution in [0.15, 0.2) is 42.6 Å². The molecular formula is C27H31N10O6+. The Morgan fingerprint density at radius 2 is 1.81 bits per heavy atom. The number of nitrogens with zero attached hydrogens (tertiary/aromatic N) is 6. The molecule has 6 N–H and O–H groups in total. The minimum Gasteiger partial charge on any atom is -0.494 e. The topological polar surface area (TPSA) is 214 Å². The number of imidazole rings is 1. The van der Waals surface area contributed by atoms with Crippen LogP contribution in [0, 0.1) is 11.8 Å². The lowest BCUT2D eigenvalue weighted by Gasteiger charge is -2.11. The molecule has 0 fully saturated rings. The predicted octanol–water partition coefficient (Wildman–Crippen LogP) is 2.05. The number of hydrogen-bond acceptors (Lipinski definition) is 10. The van der Waals surface area contributed by atoms with Gasteiger partial charge in [-0.2, -0.15) is 5.10 Å². The minimum atomic E-state index is -0.743. The summed E-state index contributed by atoms with van der Waals surface area (Å²) in [6.45, 7) is 4.61. The SMILES string of the molecule is CCn1nc(C)cc1C(=O)Nc1nc2cc(C(N)=O)cc(OC)c2n1C/C=C/CNc1ncc(C(N)=O)cc1[N+](=O)OC. The normalized spacial score (nSPS) is 11.1. The van der Waals surface area contributed by atoms with E-state index in [0.29, 0.717) is 34.7 Å². The Morgan fingerprint density at radius 1 is 1.07 bits per heavy atom. The molecule has 1 aromatic carbocycles. The van der Waals surface area contributed by atoms with Crippen LogP contribution in [0.25, 0.3) is 11.0 Å². The summed E-state index contributed by atoms with van der Waals surface area (Å²) in [7, 11) is 2.63. The van der Waals surface area contributed by atoms with Gasteiger partial charge in [-0.3, -0.25) is 24.4 Å². The highest BCUT2D eigenvalue weighted by Crippen LogP contribution is 2.31. The molecule has 0 saturated heterocycles. The summed E-state index contributed by atoms with van der Waals surface area (Å²) < 4.78 is 8.83. The van der Waals surface area contributed by atoms with Gasteiger partial charge in [0.25, 0.3) is 16.7 Å². The molecule has 0 unspecified atom stereocenters. The van der Waals surface area contributed by atoms with Gasteiger partial charge >= 0.3 is 5.69 Å². The maximum atomic E-state index is 13.2. The van der Waals surface area contributed by atoms with Gasteiger partial charge in [0.1, 0.15) is 17.0 Å². The number of nitrogens with two attached hydrogens (primary N) is 2. The molecule has 3 heterocycles. The monoisotopic (exact) mass is 591 g/mol. The highest BCUT2D eigenvalue weighted by molar-refractivity contribution is 6.04. The zero-order valence-corrected chi connectivity index (χ0v) is 24.0. The number of rotatable bonds is 13. The quantitative estimate of drug-likeness (QED) is 0.131. The number of amides is 3. The van der Waals surface area contributed by atoms with E-state index in [4.69, 9.17) is 21.0 Å². The molecule has 16 nitrogen and oxygen atoms in total. The molecule has 0 radical (unpaired) electrons. The van der Waals surface area contributed by atoms with Crippen LogP contribution in [-0.4, -0.2) is 67.7 Å². The number of allylic oxidation sites excluding steroid dienone is 1. The summed E-state index contributed by atoms with van der Waals surface area (Å²) >= 11 is 0. The van der Waals surface area contributed by atoms with Crippen molar-refractivity contribution in [1.82, 2.24) is 24.3 Å². The number of carbonyl (C=O) groups excluding carboxylic acids is 3. The number of carbonyl (C=O) groups is 3. The van der Waals surface area contributed by atoms with Crippen LogP contribution in [0.1, 0.15) is 43.8 Å². The molecule has 16 heteroatoms. The second-order valence-electron chi connectivity index (χ2n) is 9.15. The van der Waals surface area contributed by atoms with Crippen molar-refractivity contribution in [2.45, 2.75) is 26.9 Å². The third-order valence-electron chi connectivity index (χ3n) is 6.33. The third kappa shape index (κ3) is 6.42. The van der Waals surface area contributed by atoms with Gasteiger partial charge in [0.15, 0.2) is 7.11 Å². The van der Waals surface area contributed by atoms with Crippen LogP contribution in [0.4, 0.5) is 17.5 Å². The van der Waals surface area contributed by atoms with Crippen molar-refractivity contribution < 1.29 is 28.9 Å². The van der Waals surface area contributed by atoms with E-state index >= 15 is 0 Å².